The summed E-state index contributed by atoms with van der Waals surface area (Å²) < 4.78 is 0. The summed E-state index contributed by atoms with van der Waals surface area (Å²) in [6.07, 6.45) is 1.88. The fourth-order valence-corrected chi connectivity index (χ4v) is 2.42. The molecule has 0 spiro atoms. The molecule has 0 saturated carbocycles. The van der Waals surface area contributed by atoms with Crippen LogP contribution in [0.3, 0.4) is 0 Å². The van der Waals surface area contributed by atoms with Crippen LogP contribution in [-0.4, -0.2) is 41.8 Å². The van der Waals surface area contributed by atoms with Crippen LogP contribution in [0.1, 0.15) is 11.6 Å². The van der Waals surface area contributed by atoms with E-state index in [2.05, 4.69) is 45.7 Å². The van der Waals surface area contributed by atoms with Gasteiger partial charge >= 0.3 is 0 Å². The van der Waals surface area contributed by atoms with Crippen molar-refractivity contribution >= 4 is 10.9 Å². The molecule has 1 saturated heterocycles. The van der Waals surface area contributed by atoms with E-state index in [0.717, 1.165) is 19.6 Å². The Morgan fingerprint density at radius 2 is 2.38 bits per heavy atom. The average Bonchev–Trinajstić information content (AvgIpc) is 2.77. The molecule has 2 heterocycles. The maximum absolute atomic E-state index is 4.12. The second-order valence-electron chi connectivity index (χ2n) is 4.38. The van der Waals surface area contributed by atoms with Crippen LogP contribution in [0, 0.1) is 0 Å². The number of aromatic amines is 1. The topological polar surface area (TPSA) is 44.0 Å². The van der Waals surface area contributed by atoms with Gasteiger partial charge in [-0.15, -0.1) is 0 Å². The first-order valence-electron chi connectivity index (χ1n) is 5.69. The number of hydrogen-bond donors (Lipinski definition) is 2. The molecular formula is C12H16N4. The molecule has 2 aromatic rings. The summed E-state index contributed by atoms with van der Waals surface area (Å²) in [7, 11) is 2.18. The zero-order valence-corrected chi connectivity index (χ0v) is 9.40. The number of H-pyrrole nitrogens is 1. The van der Waals surface area contributed by atoms with E-state index in [-0.39, 0.29) is 0 Å². The maximum Gasteiger partial charge on any atom is 0.0698 e. The fourth-order valence-electron chi connectivity index (χ4n) is 2.42. The number of nitrogens with one attached hydrogen (secondary N) is 2. The molecule has 16 heavy (non-hydrogen) atoms. The lowest BCUT2D eigenvalue weighted by Gasteiger charge is -2.33. The van der Waals surface area contributed by atoms with Crippen molar-refractivity contribution in [2.45, 2.75) is 6.04 Å². The Morgan fingerprint density at radius 3 is 3.25 bits per heavy atom. The Morgan fingerprint density at radius 1 is 1.44 bits per heavy atom. The fraction of sp³-hybridized carbons (Fsp3) is 0.417. The number of aromatic nitrogens is 2. The van der Waals surface area contributed by atoms with Crippen LogP contribution >= 0.6 is 0 Å². The maximum atomic E-state index is 4.12. The van der Waals surface area contributed by atoms with E-state index in [1.807, 2.05) is 6.20 Å². The third-order valence-corrected chi connectivity index (χ3v) is 3.38. The van der Waals surface area contributed by atoms with Gasteiger partial charge in [-0.25, -0.2) is 0 Å². The molecular weight excluding hydrogens is 200 g/mol. The van der Waals surface area contributed by atoms with Crippen molar-refractivity contribution in [1.82, 2.24) is 20.4 Å². The molecule has 0 bridgehead atoms. The molecule has 1 atom stereocenters. The first-order chi connectivity index (χ1) is 7.86. The van der Waals surface area contributed by atoms with Crippen molar-refractivity contribution in [3.8, 4) is 0 Å². The molecule has 84 valence electrons. The molecule has 4 nitrogen and oxygen atoms in total. The van der Waals surface area contributed by atoms with Crippen molar-refractivity contribution in [2.75, 3.05) is 26.7 Å². The molecule has 1 aromatic heterocycles. The Kier molecular flexibility index (Phi) is 2.38. The largest absolute Gasteiger partial charge is 0.314 e. The number of benzene rings is 1. The predicted molar refractivity (Wildman–Crippen MR) is 64.3 cm³/mol. The third-order valence-electron chi connectivity index (χ3n) is 3.38. The zero-order chi connectivity index (χ0) is 11.0. The van der Waals surface area contributed by atoms with Gasteiger partial charge in [0.05, 0.1) is 11.7 Å². The number of rotatable bonds is 1. The van der Waals surface area contributed by atoms with Crippen LogP contribution in [0.5, 0.6) is 0 Å². The number of likely N-dealkylation sites (N-methyl/N-ethyl adjacent to an activating group) is 1. The lowest BCUT2D eigenvalue weighted by Crippen LogP contribution is -2.43. The second kappa shape index (κ2) is 3.88. The van der Waals surface area contributed by atoms with Gasteiger partial charge in [0, 0.05) is 31.1 Å². The second-order valence-corrected chi connectivity index (χ2v) is 4.38. The summed E-state index contributed by atoms with van der Waals surface area (Å²) in [6.45, 7) is 3.18. The highest BCUT2D eigenvalue weighted by atomic mass is 15.2. The van der Waals surface area contributed by atoms with Gasteiger partial charge in [-0.3, -0.25) is 10.00 Å². The van der Waals surface area contributed by atoms with Crippen molar-refractivity contribution in [2.24, 2.45) is 0 Å². The van der Waals surface area contributed by atoms with E-state index in [4.69, 9.17) is 0 Å². The number of piperazine rings is 1. The van der Waals surface area contributed by atoms with E-state index >= 15 is 0 Å². The van der Waals surface area contributed by atoms with Gasteiger partial charge in [-0.2, -0.15) is 5.10 Å². The molecule has 0 aliphatic carbocycles. The normalized spacial score (nSPS) is 22.7. The first kappa shape index (κ1) is 9.81. The van der Waals surface area contributed by atoms with Crippen LogP contribution in [-0.2, 0) is 0 Å². The Hall–Kier alpha value is -1.39. The predicted octanol–water partition coefficient (Wildman–Crippen LogP) is 1.14. The summed E-state index contributed by atoms with van der Waals surface area (Å²) in [4.78, 5) is 2.39. The highest BCUT2D eigenvalue weighted by Gasteiger charge is 2.22. The van der Waals surface area contributed by atoms with Crippen LogP contribution in [0.25, 0.3) is 10.9 Å². The van der Waals surface area contributed by atoms with Crippen LogP contribution in [0.4, 0.5) is 0 Å². The number of para-hydroxylation sites is 1. The summed E-state index contributed by atoms with van der Waals surface area (Å²) >= 11 is 0. The standard InChI is InChI=1S/C12H16N4/c1-16-6-5-13-8-11(16)10-4-2-3-9-7-14-15-12(9)10/h2-4,7,11,13H,5-6,8H2,1H3,(H,14,15). The molecule has 2 N–H and O–H groups in total. The third kappa shape index (κ3) is 1.50. The van der Waals surface area contributed by atoms with E-state index in [9.17, 15) is 0 Å². The molecule has 0 amide bonds. The number of nitrogens with zero attached hydrogens (tertiary/aromatic N) is 2. The highest BCUT2D eigenvalue weighted by Crippen LogP contribution is 2.26. The molecule has 4 heteroatoms. The Labute approximate surface area is 94.6 Å². The molecule has 0 radical (unpaired) electrons. The Bertz CT molecular complexity index is 490. The minimum absolute atomic E-state index is 0.442. The highest BCUT2D eigenvalue weighted by molar-refractivity contribution is 5.81. The number of hydrogen-bond acceptors (Lipinski definition) is 3. The monoisotopic (exact) mass is 216 g/mol. The Balaban J connectivity index is 2.07. The van der Waals surface area contributed by atoms with E-state index in [0.29, 0.717) is 6.04 Å². The van der Waals surface area contributed by atoms with Crippen molar-refractivity contribution < 1.29 is 0 Å². The van der Waals surface area contributed by atoms with E-state index in [1.165, 1.54) is 16.5 Å². The van der Waals surface area contributed by atoms with Gasteiger partial charge in [-0.05, 0) is 12.6 Å². The van der Waals surface area contributed by atoms with E-state index in [1.54, 1.807) is 0 Å². The van der Waals surface area contributed by atoms with Crippen molar-refractivity contribution in [3.05, 3.63) is 30.0 Å². The van der Waals surface area contributed by atoms with Crippen LogP contribution < -0.4 is 5.32 Å². The first-order valence-corrected chi connectivity index (χ1v) is 5.69. The zero-order valence-electron chi connectivity index (χ0n) is 9.40. The van der Waals surface area contributed by atoms with Gasteiger partial charge < -0.3 is 5.32 Å². The number of fused-ring (bicyclic) bond motifs is 1. The summed E-state index contributed by atoms with van der Waals surface area (Å²) in [5.74, 6) is 0. The average molecular weight is 216 g/mol. The van der Waals surface area contributed by atoms with Crippen molar-refractivity contribution in [3.63, 3.8) is 0 Å². The van der Waals surface area contributed by atoms with Gasteiger partial charge in [0.15, 0.2) is 0 Å². The SMILES string of the molecule is CN1CCNCC1c1cccc2cn[nH]c12. The van der Waals surface area contributed by atoms with Gasteiger partial charge in [0.2, 0.25) is 0 Å². The summed E-state index contributed by atoms with van der Waals surface area (Å²) in [5.41, 5.74) is 2.51. The minimum atomic E-state index is 0.442. The van der Waals surface area contributed by atoms with Crippen LogP contribution in [0.15, 0.2) is 24.4 Å². The lowest BCUT2D eigenvalue weighted by atomic mass is 10.0. The van der Waals surface area contributed by atoms with E-state index < -0.39 is 0 Å². The molecule has 1 fully saturated rings. The smallest absolute Gasteiger partial charge is 0.0698 e. The van der Waals surface area contributed by atoms with Crippen LogP contribution in [0.2, 0.25) is 0 Å². The quantitative estimate of drug-likeness (QED) is 0.751. The van der Waals surface area contributed by atoms with Gasteiger partial charge in [-0.1, -0.05) is 18.2 Å². The van der Waals surface area contributed by atoms with Gasteiger partial charge in [0.1, 0.15) is 0 Å². The summed E-state index contributed by atoms with van der Waals surface area (Å²) in [5, 5.41) is 11.9. The van der Waals surface area contributed by atoms with Crippen molar-refractivity contribution in [1.29, 1.82) is 0 Å². The molecule has 3 rings (SSSR count). The molecule has 1 unspecified atom stereocenters. The van der Waals surface area contributed by atoms with Gasteiger partial charge in [0.25, 0.3) is 0 Å². The molecule has 1 aromatic carbocycles. The molecule has 1 aliphatic heterocycles. The minimum Gasteiger partial charge on any atom is -0.314 e. The summed E-state index contributed by atoms with van der Waals surface area (Å²) in [6, 6.07) is 6.83. The molecule has 1 aliphatic rings. The lowest BCUT2D eigenvalue weighted by molar-refractivity contribution is 0.203.